The number of benzene rings is 1. The van der Waals surface area contributed by atoms with Crippen LogP contribution in [-0.2, 0) is 9.53 Å². The van der Waals surface area contributed by atoms with Crippen molar-refractivity contribution in [3.8, 4) is 5.75 Å². The monoisotopic (exact) mass is 416 g/mol. The zero-order valence-corrected chi connectivity index (χ0v) is 18.2. The van der Waals surface area contributed by atoms with Gasteiger partial charge in [0.15, 0.2) is 6.61 Å². The second-order valence-electron chi connectivity index (χ2n) is 8.68. The van der Waals surface area contributed by atoms with Gasteiger partial charge < -0.3 is 24.6 Å². The summed E-state index contributed by atoms with van der Waals surface area (Å²) in [6.07, 6.45) is 5.85. The van der Waals surface area contributed by atoms with E-state index >= 15 is 0 Å². The van der Waals surface area contributed by atoms with Crippen molar-refractivity contribution in [2.24, 2.45) is 0 Å². The Bertz CT molecular complexity index is 694. The fraction of sp³-hybridized carbons (Fsp3) is 0.696. The summed E-state index contributed by atoms with van der Waals surface area (Å²) in [5.74, 6) is 0.829. The van der Waals surface area contributed by atoms with Crippen molar-refractivity contribution in [3.05, 3.63) is 23.8 Å². The Labute approximate surface area is 180 Å². The molecule has 0 atom stereocenters. The molecular weight excluding hydrogens is 380 g/mol. The zero-order valence-electron chi connectivity index (χ0n) is 18.2. The number of likely N-dealkylation sites (tertiary alicyclic amines) is 1. The Morgan fingerprint density at radius 1 is 1.03 bits per heavy atom. The molecule has 0 unspecified atom stereocenters. The van der Waals surface area contributed by atoms with E-state index in [1.165, 1.54) is 11.3 Å². The minimum absolute atomic E-state index is 0.0667. The second kappa shape index (κ2) is 10.5. The fourth-order valence-electron chi connectivity index (χ4n) is 4.59. The van der Waals surface area contributed by atoms with E-state index in [-0.39, 0.29) is 18.6 Å². The van der Waals surface area contributed by atoms with Gasteiger partial charge in [0.2, 0.25) is 0 Å². The Kier molecular flexibility index (Phi) is 7.47. The van der Waals surface area contributed by atoms with E-state index in [1.807, 2.05) is 11.0 Å². The maximum absolute atomic E-state index is 12.7. The van der Waals surface area contributed by atoms with Crippen molar-refractivity contribution in [1.29, 1.82) is 0 Å². The molecule has 3 saturated heterocycles. The van der Waals surface area contributed by atoms with Crippen LogP contribution in [0.3, 0.4) is 0 Å². The van der Waals surface area contributed by atoms with Gasteiger partial charge in [-0.2, -0.15) is 0 Å². The van der Waals surface area contributed by atoms with Crippen LogP contribution in [-0.4, -0.2) is 75.6 Å². The van der Waals surface area contributed by atoms with E-state index in [4.69, 9.17) is 9.47 Å². The molecule has 3 heterocycles. The van der Waals surface area contributed by atoms with Crippen molar-refractivity contribution in [2.75, 3.05) is 57.4 Å². The number of hydrogen-bond donors (Lipinski definition) is 2. The van der Waals surface area contributed by atoms with E-state index in [1.54, 1.807) is 0 Å². The van der Waals surface area contributed by atoms with Crippen molar-refractivity contribution in [1.82, 2.24) is 15.5 Å². The minimum atomic E-state index is 0.0667. The summed E-state index contributed by atoms with van der Waals surface area (Å²) < 4.78 is 12.1. The van der Waals surface area contributed by atoms with E-state index in [2.05, 4.69) is 34.6 Å². The first-order valence-electron chi connectivity index (χ1n) is 11.5. The summed E-state index contributed by atoms with van der Waals surface area (Å²) in [4.78, 5) is 16.9. The number of carbonyl (C=O) groups is 1. The average molecular weight is 417 g/mol. The lowest BCUT2D eigenvalue weighted by atomic mass is 10.1. The van der Waals surface area contributed by atoms with Crippen LogP contribution in [0.1, 0.15) is 37.7 Å². The van der Waals surface area contributed by atoms with Crippen LogP contribution in [0.5, 0.6) is 5.75 Å². The number of ether oxygens (including phenoxy) is 2. The normalized spacial score (nSPS) is 21.6. The third-order valence-corrected chi connectivity index (χ3v) is 6.43. The highest BCUT2D eigenvalue weighted by Crippen LogP contribution is 2.26. The molecule has 3 fully saturated rings. The smallest absolute Gasteiger partial charge is 0.260 e. The van der Waals surface area contributed by atoms with Crippen molar-refractivity contribution in [2.45, 2.75) is 51.2 Å². The number of rotatable bonds is 6. The third-order valence-electron chi connectivity index (χ3n) is 6.43. The molecule has 7 heteroatoms. The van der Waals surface area contributed by atoms with Crippen molar-refractivity contribution >= 4 is 11.6 Å². The summed E-state index contributed by atoms with van der Waals surface area (Å²) in [5, 5.41) is 6.79. The van der Waals surface area contributed by atoms with Gasteiger partial charge >= 0.3 is 0 Å². The Morgan fingerprint density at radius 2 is 1.80 bits per heavy atom. The summed E-state index contributed by atoms with van der Waals surface area (Å²) in [5.41, 5.74) is 2.41. The lowest BCUT2D eigenvalue weighted by Crippen LogP contribution is -2.44. The van der Waals surface area contributed by atoms with Gasteiger partial charge in [0.25, 0.3) is 5.91 Å². The number of aryl methyl sites for hydroxylation is 1. The highest BCUT2D eigenvalue weighted by molar-refractivity contribution is 5.78. The van der Waals surface area contributed by atoms with Crippen LogP contribution in [0.25, 0.3) is 0 Å². The lowest BCUT2D eigenvalue weighted by Gasteiger charge is -2.35. The van der Waals surface area contributed by atoms with E-state index in [9.17, 15) is 4.79 Å². The Morgan fingerprint density at radius 3 is 2.53 bits per heavy atom. The van der Waals surface area contributed by atoms with Gasteiger partial charge in [-0.25, -0.2) is 0 Å². The molecule has 0 saturated carbocycles. The molecule has 0 aromatic heterocycles. The average Bonchev–Trinajstić information content (AvgIpc) is 2.80. The molecule has 30 heavy (non-hydrogen) atoms. The number of hydrogen-bond acceptors (Lipinski definition) is 6. The fourth-order valence-corrected chi connectivity index (χ4v) is 4.59. The molecule has 2 N–H and O–H groups in total. The predicted molar refractivity (Wildman–Crippen MR) is 118 cm³/mol. The van der Waals surface area contributed by atoms with E-state index in [0.29, 0.717) is 6.10 Å². The van der Waals surface area contributed by atoms with Crippen LogP contribution in [0.15, 0.2) is 18.2 Å². The molecule has 1 aromatic carbocycles. The summed E-state index contributed by atoms with van der Waals surface area (Å²) in [7, 11) is 0. The number of nitrogens with one attached hydrogen (secondary N) is 2. The first-order chi connectivity index (χ1) is 14.7. The molecule has 0 aliphatic carbocycles. The molecule has 166 valence electrons. The molecule has 1 amide bonds. The van der Waals surface area contributed by atoms with Gasteiger partial charge in [0.05, 0.1) is 18.9 Å². The summed E-state index contributed by atoms with van der Waals surface area (Å²) >= 11 is 0. The van der Waals surface area contributed by atoms with Gasteiger partial charge in [-0.15, -0.1) is 0 Å². The molecule has 1 aromatic rings. The van der Waals surface area contributed by atoms with Gasteiger partial charge in [-0.3, -0.25) is 10.1 Å². The van der Waals surface area contributed by atoms with Crippen LogP contribution >= 0.6 is 0 Å². The number of carbonyl (C=O) groups excluding carboxylic acids is 1. The number of anilines is 1. The zero-order chi connectivity index (χ0) is 20.8. The molecular formula is C23H36N4O3. The standard InChI is InChI=1S/C23H36N4O3/c1-18-3-4-21(15-22(18)27-12-2-9-25-17-27)29-16-23(28)26-13-7-20(8-14-26)30-19-5-10-24-11-6-19/h3-4,15,19-20,24-25H,2,5-14,16-17H2,1H3. The molecule has 0 bridgehead atoms. The second-order valence-corrected chi connectivity index (χ2v) is 8.68. The third kappa shape index (κ3) is 5.65. The van der Waals surface area contributed by atoms with Gasteiger partial charge in [0.1, 0.15) is 5.75 Å². The Hall–Kier alpha value is -1.83. The summed E-state index contributed by atoms with van der Waals surface area (Å²) in [6.45, 7) is 8.81. The molecule has 4 rings (SSSR count). The van der Waals surface area contributed by atoms with Crippen LogP contribution in [0.2, 0.25) is 0 Å². The molecule has 0 radical (unpaired) electrons. The van der Waals surface area contributed by atoms with Gasteiger partial charge in [-0.05, 0) is 70.3 Å². The van der Waals surface area contributed by atoms with Gasteiger partial charge in [-0.1, -0.05) is 6.07 Å². The van der Waals surface area contributed by atoms with Crippen molar-refractivity contribution < 1.29 is 14.3 Å². The number of nitrogens with zero attached hydrogens (tertiary/aromatic N) is 2. The molecule has 7 nitrogen and oxygen atoms in total. The molecule has 3 aliphatic heterocycles. The SMILES string of the molecule is Cc1ccc(OCC(=O)N2CCC(OC3CCNCC3)CC2)cc1N1CCCNC1. The quantitative estimate of drug-likeness (QED) is 0.738. The van der Waals surface area contributed by atoms with E-state index in [0.717, 1.165) is 83.8 Å². The highest BCUT2D eigenvalue weighted by atomic mass is 16.5. The first-order valence-corrected chi connectivity index (χ1v) is 11.5. The largest absolute Gasteiger partial charge is 0.484 e. The van der Waals surface area contributed by atoms with Crippen LogP contribution in [0.4, 0.5) is 5.69 Å². The Balaban J connectivity index is 1.23. The minimum Gasteiger partial charge on any atom is -0.484 e. The highest BCUT2D eigenvalue weighted by Gasteiger charge is 2.26. The first kappa shape index (κ1) is 21.4. The topological polar surface area (TPSA) is 66.1 Å². The van der Waals surface area contributed by atoms with Crippen LogP contribution < -0.4 is 20.3 Å². The lowest BCUT2D eigenvalue weighted by molar-refractivity contribution is -0.137. The summed E-state index contributed by atoms with van der Waals surface area (Å²) in [6, 6.07) is 6.10. The van der Waals surface area contributed by atoms with Crippen molar-refractivity contribution in [3.63, 3.8) is 0 Å². The maximum atomic E-state index is 12.7. The van der Waals surface area contributed by atoms with E-state index < -0.39 is 0 Å². The molecule has 0 spiro atoms. The van der Waals surface area contributed by atoms with Crippen LogP contribution in [0, 0.1) is 6.92 Å². The molecule has 3 aliphatic rings. The number of piperidine rings is 2. The van der Waals surface area contributed by atoms with Gasteiger partial charge in [0, 0.05) is 31.4 Å². The predicted octanol–water partition coefficient (Wildman–Crippen LogP) is 1.89. The number of amides is 1. The maximum Gasteiger partial charge on any atom is 0.260 e.